The Bertz CT molecular complexity index is 1220. The van der Waals surface area contributed by atoms with Crippen LogP contribution in [0.25, 0.3) is 6.08 Å². The number of phenols is 1. The van der Waals surface area contributed by atoms with Gasteiger partial charge in [0.15, 0.2) is 11.5 Å². The number of allylic oxidation sites excluding steroid dienone is 1. The van der Waals surface area contributed by atoms with E-state index in [1.807, 2.05) is 12.1 Å². The molecule has 3 amide bonds. The minimum atomic E-state index is -0.552. The molecule has 2 saturated heterocycles. The van der Waals surface area contributed by atoms with Gasteiger partial charge in [0.2, 0.25) is 5.91 Å². The lowest BCUT2D eigenvalue weighted by molar-refractivity contribution is -0.127. The van der Waals surface area contributed by atoms with Crippen molar-refractivity contribution in [2.75, 3.05) is 49.7 Å². The molecule has 0 aliphatic carbocycles. The maximum Gasteiger partial charge on any atom is 0.294 e. The summed E-state index contributed by atoms with van der Waals surface area (Å²) in [6, 6.07) is 10.7. The molecule has 194 valence electrons. The van der Waals surface area contributed by atoms with E-state index in [1.54, 1.807) is 43.3 Å². The second-order valence-electron chi connectivity index (χ2n) is 8.41. The van der Waals surface area contributed by atoms with Gasteiger partial charge in [-0.15, -0.1) is 6.58 Å². The van der Waals surface area contributed by atoms with Crippen LogP contribution in [-0.2, 0) is 20.7 Å². The van der Waals surface area contributed by atoms with Crippen molar-refractivity contribution >= 4 is 46.3 Å². The zero-order valence-corrected chi connectivity index (χ0v) is 21.4. The standard InChI is InChI=1S/C27H29N3O6S/c1-3-5-19-14-18(15-22(25(19)32)36-4-2)16-23-26(33)30(27(34)37-23)17-24(31)28-20-6-8-21(9-7-20)29-10-12-35-13-11-29/h3,6-9,14-16,32H,1,4-5,10-13,17H2,2H3,(H,28,31). The molecule has 37 heavy (non-hydrogen) atoms. The fourth-order valence-electron chi connectivity index (χ4n) is 4.06. The summed E-state index contributed by atoms with van der Waals surface area (Å²) in [5.74, 6) is -0.726. The number of imide groups is 1. The van der Waals surface area contributed by atoms with Crippen LogP contribution in [0.5, 0.6) is 11.5 Å². The van der Waals surface area contributed by atoms with E-state index in [0.717, 1.165) is 35.4 Å². The summed E-state index contributed by atoms with van der Waals surface area (Å²) in [5.41, 5.74) is 2.79. The molecule has 0 aromatic heterocycles. The topological polar surface area (TPSA) is 108 Å². The summed E-state index contributed by atoms with van der Waals surface area (Å²) >= 11 is 0.765. The molecule has 2 aliphatic rings. The quantitative estimate of drug-likeness (QED) is 0.375. The van der Waals surface area contributed by atoms with Crippen molar-refractivity contribution in [3.05, 3.63) is 65.1 Å². The Labute approximate surface area is 219 Å². The smallest absolute Gasteiger partial charge is 0.294 e. The molecule has 4 rings (SSSR count). The zero-order chi connectivity index (χ0) is 26.4. The highest BCUT2D eigenvalue weighted by Crippen LogP contribution is 2.36. The number of thioether (sulfide) groups is 1. The lowest BCUT2D eigenvalue weighted by Crippen LogP contribution is -2.36. The Morgan fingerprint density at radius 1 is 1.22 bits per heavy atom. The lowest BCUT2D eigenvalue weighted by Gasteiger charge is -2.28. The highest BCUT2D eigenvalue weighted by molar-refractivity contribution is 8.18. The molecule has 9 nitrogen and oxygen atoms in total. The molecule has 0 bridgehead atoms. The third-order valence-electron chi connectivity index (χ3n) is 5.84. The van der Waals surface area contributed by atoms with Gasteiger partial charge >= 0.3 is 0 Å². The number of carbonyl (C=O) groups excluding carboxylic acids is 3. The predicted molar refractivity (Wildman–Crippen MR) is 144 cm³/mol. The monoisotopic (exact) mass is 523 g/mol. The average molecular weight is 524 g/mol. The summed E-state index contributed by atoms with van der Waals surface area (Å²) in [4.78, 5) is 41.4. The number of anilines is 2. The van der Waals surface area contributed by atoms with E-state index < -0.39 is 23.6 Å². The molecule has 2 aromatic carbocycles. The summed E-state index contributed by atoms with van der Waals surface area (Å²) in [5, 5.41) is 12.6. The Morgan fingerprint density at radius 3 is 2.62 bits per heavy atom. The average Bonchev–Trinajstić information content (AvgIpc) is 3.15. The van der Waals surface area contributed by atoms with E-state index in [0.29, 0.717) is 43.1 Å². The molecule has 0 spiro atoms. The zero-order valence-electron chi connectivity index (χ0n) is 20.6. The molecule has 0 atom stereocenters. The van der Waals surface area contributed by atoms with E-state index in [-0.39, 0.29) is 16.4 Å². The van der Waals surface area contributed by atoms with Crippen molar-refractivity contribution in [1.82, 2.24) is 4.90 Å². The summed E-state index contributed by atoms with van der Waals surface area (Å²) in [7, 11) is 0. The van der Waals surface area contributed by atoms with Gasteiger partial charge < -0.3 is 24.8 Å². The highest BCUT2D eigenvalue weighted by atomic mass is 32.2. The highest BCUT2D eigenvalue weighted by Gasteiger charge is 2.36. The molecular formula is C27H29N3O6S. The fraction of sp³-hybridized carbons (Fsp3) is 0.296. The number of morpholine rings is 1. The molecule has 2 aromatic rings. The van der Waals surface area contributed by atoms with Crippen LogP contribution in [0, 0.1) is 0 Å². The fourth-order valence-corrected chi connectivity index (χ4v) is 4.90. The van der Waals surface area contributed by atoms with E-state index in [1.165, 1.54) is 0 Å². The first-order valence-electron chi connectivity index (χ1n) is 12.0. The number of hydrogen-bond acceptors (Lipinski definition) is 8. The molecule has 0 saturated carbocycles. The van der Waals surface area contributed by atoms with Crippen LogP contribution < -0.4 is 15.0 Å². The molecule has 2 N–H and O–H groups in total. The van der Waals surface area contributed by atoms with Gasteiger partial charge in [-0.25, -0.2) is 0 Å². The van der Waals surface area contributed by atoms with Gasteiger partial charge in [0.25, 0.3) is 11.1 Å². The predicted octanol–water partition coefficient (Wildman–Crippen LogP) is 4.03. The maximum absolute atomic E-state index is 12.9. The normalized spacial score (nSPS) is 16.8. The van der Waals surface area contributed by atoms with Gasteiger partial charge in [-0.05, 0) is 73.1 Å². The van der Waals surface area contributed by atoms with Crippen LogP contribution in [0.1, 0.15) is 18.1 Å². The van der Waals surface area contributed by atoms with Crippen LogP contribution in [0.3, 0.4) is 0 Å². The van der Waals surface area contributed by atoms with E-state index in [4.69, 9.17) is 9.47 Å². The Kier molecular flexibility index (Phi) is 8.52. The molecule has 0 unspecified atom stereocenters. The largest absolute Gasteiger partial charge is 0.504 e. The van der Waals surface area contributed by atoms with Gasteiger partial charge in [-0.2, -0.15) is 0 Å². The molecule has 2 heterocycles. The minimum absolute atomic E-state index is 0.0154. The third-order valence-corrected chi connectivity index (χ3v) is 6.75. The first-order chi connectivity index (χ1) is 17.9. The van der Waals surface area contributed by atoms with Crippen LogP contribution in [0.4, 0.5) is 16.2 Å². The number of hydrogen-bond donors (Lipinski definition) is 2. The minimum Gasteiger partial charge on any atom is -0.504 e. The number of ether oxygens (including phenoxy) is 2. The molecule has 2 fully saturated rings. The number of carbonyl (C=O) groups is 3. The number of benzene rings is 2. The van der Waals surface area contributed by atoms with Crippen molar-refractivity contribution in [2.24, 2.45) is 0 Å². The summed E-state index contributed by atoms with van der Waals surface area (Å²) in [6.45, 7) is 8.44. The van der Waals surface area contributed by atoms with E-state index in [9.17, 15) is 19.5 Å². The van der Waals surface area contributed by atoms with Gasteiger partial charge in [0.05, 0.1) is 24.7 Å². The first kappa shape index (κ1) is 26.3. The van der Waals surface area contributed by atoms with Crippen LogP contribution in [0.2, 0.25) is 0 Å². The summed E-state index contributed by atoms with van der Waals surface area (Å²) in [6.07, 6.45) is 3.61. The van der Waals surface area contributed by atoms with Gasteiger partial charge in [0.1, 0.15) is 6.54 Å². The third kappa shape index (κ3) is 6.33. The molecule has 10 heteroatoms. The number of amides is 3. The Balaban J connectivity index is 1.42. The van der Waals surface area contributed by atoms with Gasteiger partial charge in [0, 0.05) is 30.0 Å². The SMILES string of the molecule is C=CCc1cc(C=C2SC(=O)N(CC(=O)Nc3ccc(N4CCOCC4)cc3)C2=O)cc(OCC)c1O. The Hall–Kier alpha value is -3.76. The van der Waals surface area contributed by atoms with Crippen LogP contribution in [-0.4, -0.2) is 66.5 Å². The number of nitrogens with one attached hydrogen (secondary N) is 1. The Morgan fingerprint density at radius 2 is 1.95 bits per heavy atom. The van der Waals surface area contributed by atoms with E-state index >= 15 is 0 Å². The van der Waals surface area contributed by atoms with Gasteiger partial charge in [-0.1, -0.05) is 6.08 Å². The second kappa shape index (κ2) is 12.0. The van der Waals surface area contributed by atoms with Gasteiger partial charge in [-0.3, -0.25) is 19.3 Å². The van der Waals surface area contributed by atoms with Crippen molar-refractivity contribution in [1.29, 1.82) is 0 Å². The lowest BCUT2D eigenvalue weighted by atomic mass is 10.1. The number of aromatic hydroxyl groups is 1. The van der Waals surface area contributed by atoms with Crippen molar-refractivity contribution in [3.8, 4) is 11.5 Å². The van der Waals surface area contributed by atoms with E-state index in [2.05, 4.69) is 16.8 Å². The molecule has 0 radical (unpaired) electrons. The van der Waals surface area contributed by atoms with Crippen molar-refractivity contribution in [2.45, 2.75) is 13.3 Å². The molecular weight excluding hydrogens is 494 g/mol. The van der Waals surface area contributed by atoms with Crippen molar-refractivity contribution < 1.29 is 29.0 Å². The van der Waals surface area contributed by atoms with Crippen LogP contribution in [0.15, 0.2) is 54.0 Å². The number of phenolic OH excluding ortho intramolecular Hbond substituents is 1. The van der Waals surface area contributed by atoms with Crippen molar-refractivity contribution in [3.63, 3.8) is 0 Å². The molecule has 2 aliphatic heterocycles. The summed E-state index contributed by atoms with van der Waals surface area (Å²) < 4.78 is 10.9. The first-order valence-corrected chi connectivity index (χ1v) is 12.8. The number of rotatable bonds is 9. The second-order valence-corrected chi connectivity index (χ2v) is 9.41. The maximum atomic E-state index is 12.9. The number of nitrogens with zero attached hydrogens (tertiary/aromatic N) is 2. The van der Waals surface area contributed by atoms with Crippen LogP contribution >= 0.6 is 11.8 Å².